The van der Waals surface area contributed by atoms with Crippen LogP contribution in [-0.2, 0) is 17.5 Å². The molecule has 1 amide bonds. The molecule has 1 aromatic heterocycles. The van der Waals surface area contributed by atoms with Crippen LogP contribution in [0.4, 0.5) is 18.9 Å². The molecule has 1 unspecified atom stereocenters. The number of phenols is 1. The Bertz CT molecular complexity index is 1160. The minimum absolute atomic E-state index is 0.000960. The summed E-state index contributed by atoms with van der Waals surface area (Å²) >= 11 is 0. The van der Waals surface area contributed by atoms with Gasteiger partial charge in [-0.05, 0) is 29.8 Å². The van der Waals surface area contributed by atoms with Gasteiger partial charge in [-0.25, -0.2) is 0 Å². The number of fused-ring (bicyclic) bond motifs is 2. The average Bonchev–Trinajstić information content (AvgIpc) is 3.48. The number of hydrogen-bond acceptors (Lipinski definition) is 6. The minimum atomic E-state index is -4.61. The van der Waals surface area contributed by atoms with E-state index in [4.69, 9.17) is 19.0 Å². The zero-order chi connectivity index (χ0) is 23.0. The summed E-state index contributed by atoms with van der Waals surface area (Å²) in [5.74, 6) is -1.70. The Balaban J connectivity index is 0.00000119. The summed E-state index contributed by atoms with van der Waals surface area (Å²) in [5, 5.41) is 17.5. The van der Waals surface area contributed by atoms with Gasteiger partial charge in [0.15, 0.2) is 11.5 Å². The Morgan fingerprint density at radius 1 is 1.03 bits per heavy atom. The Hall–Kier alpha value is -3.66. The van der Waals surface area contributed by atoms with E-state index in [2.05, 4.69) is 0 Å². The minimum Gasteiger partial charge on any atom is -0.507 e. The van der Waals surface area contributed by atoms with Crippen LogP contribution in [0.3, 0.4) is 0 Å². The monoisotopic (exact) mass is 449 g/mol. The van der Waals surface area contributed by atoms with Gasteiger partial charge in [-0.15, -0.1) is 0 Å². The molecule has 0 bridgehead atoms. The zero-order valence-corrected chi connectivity index (χ0v) is 16.7. The molecule has 2 N–H and O–H groups in total. The van der Waals surface area contributed by atoms with Crippen LogP contribution in [-0.4, -0.2) is 30.0 Å². The van der Waals surface area contributed by atoms with Crippen LogP contribution in [0.2, 0.25) is 0 Å². The van der Waals surface area contributed by atoms with Gasteiger partial charge in [0.05, 0.1) is 12.5 Å². The quantitative estimate of drug-likeness (QED) is 0.628. The second-order valence-electron chi connectivity index (χ2n) is 6.94. The zero-order valence-electron chi connectivity index (χ0n) is 16.7. The number of rotatable bonds is 3. The lowest BCUT2D eigenvalue weighted by atomic mass is 9.91. The van der Waals surface area contributed by atoms with E-state index in [9.17, 15) is 23.1 Å². The first-order chi connectivity index (χ1) is 15.3. The number of ether oxygens (including phenoxy) is 2. The predicted octanol–water partition coefficient (Wildman–Crippen LogP) is 4.02. The fourth-order valence-corrected chi connectivity index (χ4v) is 3.80. The molecule has 2 aromatic carbocycles. The van der Waals surface area contributed by atoms with Crippen molar-refractivity contribution in [2.24, 2.45) is 0 Å². The summed E-state index contributed by atoms with van der Waals surface area (Å²) in [4.78, 5) is 14.7. The summed E-state index contributed by atoms with van der Waals surface area (Å²) in [7, 11) is 1.00. The second-order valence-corrected chi connectivity index (χ2v) is 6.94. The van der Waals surface area contributed by atoms with Gasteiger partial charge in [-0.2, -0.15) is 13.2 Å². The van der Waals surface area contributed by atoms with Gasteiger partial charge in [0.25, 0.3) is 0 Å². The van der Waals surface area contributed by atoms with Gasteiger partial charge < -0.3 is 29.0 Å². The molecule has 0 saturated heterocycles. The Morgan fingerprint density at radius 2 is 1.72 bits per heavy atom. The largest absolute Gasteiger partial charge is 0.507 e. The highest BCUT2D eigenvalue weighted by atomic mass is 19.4. The second kappa shape index (κ2) is 8.12. The fraction of sp³-hybridized carbons (Fsp3) is 0.227. The van der Waals surface area contributed by atoms with Gasteiger partial charge in [0.1, 0.15) is 11.5 Å². The maximum Gasteiger partial charge on any atom is 0.449 e. The summed E-state index contributed by atoms with van der Waals surface area (Å²) < 4.78 is 54.0. The number of aliphatic hydroxyl groups is 1. The van der Waals surface area contributed by atoms with Gasteiger partial charge in [-0.3, -0.25) is 4.79 Å². The predicted molar refractivity (Wildman–Crippen MR) is 106 cm³/mol. The molecular weight excluding hydrogens is 431 g/mol. The first-order valence-corrected chi connectivity index (χ1v) is 9.46. The molecule has 3 heterocycles. The number of aliphatic hydroxyl groups excluding tert-OH is 1. The number of hydrogen-bond donors (Lipinski definition) is 2. The lowest BCUT2D eigenvalue weighted by Crippen LogP contribution is -2.28. The highest BCUT2D eigenvalue weighted by Gasteiger charge is 2.41. The number of carbonyl (C=O) groups excluding carboxylic acids is 1. The summed E-state index contributed by atoms with van der Waals surface area (Å²) in [5.41, 5.74) is 1.49. The van der Waals surface area contributed by atoms with E-state index in [-0.39, 0.29) is 24.8 Å². The molecule has 0 spiro atoms. The number of carbonyl (C=O) groups is 1. The van der Waals surface area contributed by atoms with E-state index in [1.165, 1.54) is 17.0 Å². The van der Waals surface area contributed by atoms with E-state index in [1.807, 2.05) is 0 Å². The number of furan rings is 1. The molecule has 0 radical (unpaired) electrons. The van der Waals surface area contributed by atoms with Crippen LogP contribution < -0.4 is 14.4 Å². The molecular formula is C22H18F3NO6. The number of anilines is 1. The van der Waals surface area contributed by atoms with Crippen molar-refractivity contribution in [2.45, 2.75) is 18.6 Å². The number of nitrogens with zero attached hydrogens (tertiary/aromatic N) is 1. The lowest BCUT2D eigenvalue weighted by molar-refractivity contribution is -0.153. The highest BCUT2D eigenvalue weighted by molar-refractivity contribution is 6.07. The number of benzene rings is 2. The molecule has 3 aromatic rings. The number of para-hydroxylation sites is 1. The van der Waals surface area contributed by atoms with E-state index < -0.39 is 23.8 Å². The van der Waals surface area contributed by atoms with Crippen molar-refractivity contribution < 1.29 is 42.1 Å². The first kappa shape index (κ1) is 21.6. The van der Waals surface area contributed by atoms with E-state index >= 15 is 0 Å². The van der Waals surface area contributed by atoms with Crippen LogP contribution in [0.15, 0.2) is 52.9 Å². The molecule has 32 heavy (non-hydrogen) atoms. The van der Waals surface area contributed by atoms with E-state index in [0.717, 1.165) is 13.2 Å². The fourth-order valence-electron chi connectivity index (χ4n) is 3.80. The number of phenolic OH excluding ortho intramolecular Hbond substituents is 1. The van der Waals surface area contributed by atoms with E-state index in [1.54, 1.807) is 30.3 Å². The third-order valence-corrected chi connectivity index (χ3v) is 5.14. The molecule has 1 atom stereocenters. The smallest absolute Gasteiger partial charge is 0.449 e. The first-order valence-electron chi connectivity index (χ1n) is 9.46. The van der Waals surface area contributed by atoms with Crippen molar-refractivity contribution in [3.8, 4) is 17.2 Å². The molecule has 10 heteroatoms. The number of halogens is 3. The van der Waals surface area contributed by atoms with Crippen molar-refractivity contribution in [1.82, 2.24) is 0 Å². The van der Waals surface area contributed by atoms with Crippen molar-refractivity contribution >= 4 is 11.6 Å². The Kier molecular flexibility index (Phi) is 5.47. The number of aromatic hydroxyl groups is 1. The van der Waals surface area contributed by atoms with Crippen molar-refractivity contribution in [3.05, 3.63) is 71.2 Å². The van der Waals surface area contributed by atoms with E-state index in [0.29, 0.717) is 28.3 Å². The average molecular weight is 449 g/mol. The third kappa shape index (κ3) is 3.62. The van der Waals surface area contributed by atoms with Crippen LogP contribution in [0.1, 0.15) is 28.6 Å². The summed E-state index contributed by atoms with van der Waals surface area (Å²) in [6.45, 7) is -0.159. The summed E-state index contributed by atoms with van der Waals surface area (Å²) in [6, 6.07) is 11.9. The Morgan fingerprint density at radius 3 is 2.41 bits per heavy atom. The molecule has 5 rings (SSSR count). The molecule has 7 nitrogen and oxygen atoms in total. The van der Waals surface area contributed by atoms with Gasteiger partial charge in [-0.1, -0.05) is 18.2 Å². The SMILES string of the molecule is CO.O=C1C(c2cc3c(cc2O)OCO3)c2ccccc2N1Cc1ccc(C(F)(F)F)o1. The molecule has 2 aliphatic rings. The molecule has 0 fully saturated rings. The van der Waals surface area contributed by atoms with Crippen molar-refractivity contribution in [3.63, 3.8) is 0 Å². The third-order valence-electron chi connectivity index (χ3n) is 5.14. The molecule has 0 aliphatic carbocycles. The van der Waals surface area contributed by atoms with Crippen LogP contribution >= 0.6 is 0 Å². The maximum atomic E-state index is 13.3. The van der Waals surface area contributed by atoms with Crippen LogP contribution in [0, 0.1) is 0 Å². The summed E-state index contributed by atoms with van der Waals surface area (Å²) in [6.07, 6.45) is -4.61. The lowest BCUT2D eigenvalue weighted by Gasteiger charge is -2.17. The van der Waals surface area contributed by atoms with Crippen molar-refractivity contribution in [2.75, 3.05) is 18.8 Å². The molecule has 168 valence electrons. The Labute approximate surface area is 180 Å². The number of alkyl halides is 3. The highest BCUT2D eigenvalue weighted by Crippen LogP contribution is 2.48. The normalized spacial score (nSPS) is 16.6. The standard InChI is InChI=1S/C21H14F3NO5.CH4O/c22-21(23,24)18-6-5-11(30-18)9-25-14-4-2-1-3-12(14)19(20(25)27)13-7-16-17(8-15(13)26)29-10-28-16;1-2/h1-8,19,26H,9-10H2;2H,1H3. The van der Waals surface area contributed by atoms with Crippen molar-refractivity contribution in [1.29, 1.82) is 0 Å². The van der Waals surface area contributed by atoms with Gasteiger partial charge in [0, 0.05) is 24.4 Å². The molecule has 2 aliphatic heterocycles. The topological polar surface area (TPSA) is 92.4 Å². The van der Waals surface area contributed by atoms with Gasteiger partial charge >= 0.3 is 6.18 Å². The van der Waals surface area contributed by atoms with Gasteiger partial charge in [0.2, 0.25) is 18.5 Å². The number of amides is 1. The van der Waals surface area contributed by atoms with Crippen LogP contribution in [0.25, 0.3) is 0 Å². The molecule has 0 saturated carbocycles. The maximum absolute atomic E-state index is 13.3. The van der Waals surface area contributed by atoms with Crippen LogP contribution in [0.5, 0.6) is 17.2 Å².